The number of hydrogen-bond donors (Lipinski definition) is 1. The zero-order valence-electron chi connectivity index (χ0n) is 17.8. The third kappa shape index (κ3) is 7.24. The number of Topliss-reactive ketones (excluding diaryl/α,β-unsaturated/α-hetero) is 1. The van der Waals surface area contributed by atoms with Gasteiger partial charge in [0.15, 0.2) is 11.5 Å². The number of carbonyl (C=O) groups excluding carboxylic acids is 2. The van der Waals surface area contributed by atoms with E-state index >= 15 is 0 Å². The van der Waals surface area contributed by atoms with E-state index in [1.807, 2.05) is 11.0 Å². The molecule has 0 radical (unpaired) electrons. The largest absolute Gasteiger partial charge is 0.457 e. The Morgan fingerprint density at radius 1 is 0.931 bits per heavy atom. The molecule has 1 aromatic rings. The fourth-order valence-electron chi connectivity index (χ4n) is 4.15. The van der Waals surface area contributed by atoms with Gasteiger partial charge in [-0.1, -0.05) is 6.42 Å². The van der Waals surface area contributed by atoms with Crippen molar-refractivity contribution in [1.29, 1.82) is 0 Å². The van der Waals surface area contributed by atoms with Crippen LogP contribution in [0, 0.1) is 0 Å². The van der Waals surface area contributed by atoms with Crippen LogP contribution in [-0.4, -0.2) is 85.3 Å². The summed E-state index contributed by atoms with van der Waals surface area (Å²) in [6.45, 7) is 10.8. The Kier molecular flexibility index (Phi) is 8.70. The van der Waals surface area contributed by atoms with Gasteiger partial charge in [-0.15, -0.1) is 0 Å². The first-order valence-corrected chi connectivity index (χ1v) is 11.1. The van der Waals surface area contributed by atoms with Crippen LogP contribution in [-0.2, 0) is 11.3 Å². The number of carbonyl (C=O) groups is 2. The van der Waals surface area contributed by atoms with Gasteiger partial charge in [-0.05, 0) is 44.5 Å². The highest BCUT2D eigenvalue weighted by molar-refractivity contribution is 5.93. The van der Waals surface area contributed by atoms with E-state index in [1.165, 1.54) is 32.4 Å². The highest BCUT2D eigenvalue weighted by Gasteiger charge is 2.18. The lowest BCUT2D eigenvalue weighted by atomic mass is 10.1. The Bertz CT molecular complexity index is 654. The number of nitrogens with one attached hydrogen (secondary N) is 1. The molecular weight excluding hydrogens is 368 g/mol. The lowest BCUT2D eigenvalue weighted by molar-refractivity contribution is -0.128. The Labute approximate surface area is 174 Å². The molecule has 0 saturated carbocycles. The molecule has 7 nitrogen and oxygen atoms in total. The number of hydrogen-bond acceptors (Lipinski definition) is 6. The van der Waals surface area contributed by atoms with E-state index in [0.29, 0.717) is 25.3 Å². The molecule has 2 saturated heterocycles. The van der Waals surface area contributed by atoms with Gasteiger partial charge >= 0.3 is 0 Å². The zero-order valence-corrected chi connectivity index (χ0v) is 17.8. The first-order chi connectivity index (χ1) is 14.1. The van der Waals surface area contributed by atoms with Crippen LogP contribution < -0.4 is 5.32 Å². The summed E-state index contributed by atoms with van der Waals surface area (Å²) in [5.74, 6) is 1.48. The average molecular weight is 405 g/mol. The fraction of sp³-hybridized carbons (Fsp3) is 0.727. The molecule has 3 heterocycles. The maximum absolute atomic E-state index is 12.4. The molecule has 0 bridgehead atoms. The van der Waals surface area contributed by atoms with Crippen molar-refractivity contribution in [2.75, 3.05) is 58.9 Å². The van der Waals surface area contributed by atoms with Crippen molar-refractivity contribution in [2.45, 2.75) is 45.6 Å². The van der Waals surface area contributed by atoms with E-state index in [0.717, 1.165) is 51.4 Å². The molecule has 162 valence electrons. The molecule has 1 N–H and O–H groups in total. The summed E-state index contributed by atoms with van der Waals surface area (Å²) in [5, 5.41) is 3.38. The van der Waals surface area contributed by atoms with Gasteiger partial charge in [-0.2, -0.15) is 0 Å². The first kappa shape index (κ1) is 22.0. The topological polar surface area (TPSA) is 69.0 Å². The molecule has 0 atom stereocenters. The SMILES string of the molecule is CC(=O)N1CCCN(Cc2ccc(C(=O)CCNCCN3CCCCC3)o2)CC1. The van der Waals surface area contributed by atoms with Gasteiger partial charge in [0, 0.05) is 59.2 Å². The molecule has 3 rings (SSSR count). The quantitative estimate of drug-likeness (QED) is 0.501. The van der Waals surface area contributed by atoms with Gasteiger partial charge in [0.05, 0.1) is 6.54 Å². The minimum atomic E-state index is 0.0559. The number of ketones is 1. The normalized spacial score (nSPS) is 19.3. The van der Waals surface area contributed by atoms with Crippen LogP contribution in [0.25, 0.3) is 0 Å². The minimum absolute atomic E-state index is 0.0559. The Morgan fingerprint density at radius 2 is 1.72 bits per heavy atom. The van der Waals surface area contributed by atoms with Crippen LogP contribution in [0.3, 0.4) is 0 Å². The predicted molar refractivity (Wildman–Crippen MR) is 113 cm³/mol. The van der Waals surface area contributed by atoms with Gasteiger partial charge in [0.25, 0.3) is 0 Å². The van der Waals surface area contributed by atoms with Crippen molar-refractivity contribution in [3.8, 4) is 0 Å². The summed E-state index contributed by atoms with van der Waals surface area (Å²) in [7, 11) is 0. The second-order valence-corrected chi connectivity index (χ2v) is 8.23. The number of nitrogens with zero attached hydrogens (tertiary/aromatic N) is 3. The van der Waals surface area contributed by atoms with Crippen molar-refractivity contribution >= 4 is 11.7 Å². The van der Waals surface area contributed by atoms with Crippen molar-refractivity contribution in [1.82, 2.24) is 20.0 Å². The van der Waals surface area contributed by atoms with E-state index in [-0.39, 0.29) is 11.7 Å². The lowest BCUT2D eigenvalue weighted by Gasteiger charge is -2.26. The Hall–Kier alpha value is -1.70. The summed E-state index contributed by atoms with van der Waals surface area (Å²) in [4.78, 5) is 30.6. The van der Waals surface area contributed by atoms with Crippen LogP contribution in [0.15, 0.2) is 16.5 Å². The van der Waals surface area contributed by atoms with Crippen molar-refractivity contribution in [3.05, 3.63) is 23.7 Å². The summed E-state index contributed by atoms with van der Waals surface area (Å²) < 4.78 is 5.81. The smallest absolute Gasteiger partial charge is 0.219 e. The maximum atomic E-state index is 12.4. The molecule has 0 unspecified atom stereocenters. The maximum Gasteiger partial charge on any atom is 0.219 e. The highest BCUT2D eigenvalue weighted by atomic mass is 16.3. The zero-order chi connectivity index (χ0) is 20.5. The number of amides is 1. The molecule has 2 fully saturated rings. The first-order valence-electron chi connectivity index (χ1n) is 11.1. The van der Waals surface area contributed by atoms with Gasteiger partial charge in [-0.25, -0.2) is 0 Å². The molecule has 7 heteroatoms. The van der Waals surface area contributed by atoms with Gasteiger partial charge in [0.2, 0.25) is 5.91 Å². The third-order valence-electron chi connectivity index (χ3n) is 5.93. The molecular formula is C22H36N4O3. The molecule has 1 aromatic heterocycles. The van der Waals surface area contributed by atoms with Gasteiger partial charge in [0.1, 0.15) is 5.76 Å². The second-order valence-electron chi connectivity index (χ2n) is 8.23. The lowest BCUT2D eigenvalue weighted by Crippen LogP contribution is -2.36. The molecule has 0 aromatic carbocycles. The van der Waals surface area contributed by atoms with Crippen LogP contribution >= 0.6 is 0 Å². The monoisotopic (exact) mass is 404 g/mol. The molecule has 29 heavy (non-hydrogen) atoms. The summed E-state index contributed by atoms with van der Waals surface area (Å²) >= 11 is 0. The highest BCUT2D eigenvalue weighted by Crippen LogP contribution is 2.14. The van der Waals surface area contributed by atoms with Crippen molar-refractivity contribution < 1.29 is 14.0 Å². The number of rotatable bonds is 9. The van der Waals surface area contributed by atoms with E-state index in [4.69, 9.17) is 4.42 Å². The average Bonchev–Trinajstić information content (AvgIpc) is 3.06. The van der Waals surface area contributed by atoms with Crippen LogP contribution in [0.5, 0.6) is 0 Å². The Morgan fingerprint density at radius 3 is 2.52 bits per heavy atom. The summed E-state index contributed by atoms with van der Waals surface area (Å²) in [6.07, 6.45) is 5.41. The Balaban J connectivity index is 1.34. The predicted octanol–water partition coefficient (Wildman–Crippen LogP) is 1.98. The minimum Gasteiger partial charge on any atom is -0.457 e. The van der Waals surface area contributed by atoms with E-state index in [1.54, 1.807) is 13.0 Å². The molecule has 0 aliphatic carbocycles. The fourth-order valence-corrected chi connectivity index (χ4v) is 4.15. The van der Waals surface area contributed by atoms with E-state index < -0.39 is 0 Å². The number of piperidine rings is 1. The van der Waals surface area contributed by atoms with Crippen LogP contribution in [0.1, 0.15) is 55.3 Å². The number of likely N-dealkylation sites (tertiary alicyclic amines) is 1. The van der Waals surface area contributed by atoms with Gasteiger partial charge in [-0.3, -0.25) is 14.5 Å². The van der Waals surface area contributed by atoms with E-state index in [2.05, 4.69) is 15.1 Å². The summed E-state index contributed by atoms with van der Waals surface area (Å²) in [6, 6.07) is 3.70. The number of furan rings is 1. The van der Waals surface area contributed by atoms with Crippen LogP contribution in [0.4, 0.5) is 0 Å². The molecule has 0 spiro atoms. The summed E-state index contributed by atoms with van der Waals surface area (Å²) in [5.41, 5.74) is 0. The second kappa shape index (κ2) is 11.5. The van der Waals surface area contributed by atoms with Crippen LogP contribution in [0.2, 0.25) is 0 Å². The van der Waals surface area contributed by atoms with E-state index in [9.17, 15) is 9.59 Å². The molecule has 2 aliphatic rings. The molecule has 2 aliphatic heterocycles. The van der Waals surface area contributed by atoms with Gasteiger partial charge < -0.3 is 19.5 Å². The standard InChI is InChI=1S/C22H36N4O3/c1-19(27)26-14-5-13-25(16-17-26)18-20-6-7-22(29-20)21(28)8-9-23-10-15-24-11-3-2-4-12-24/h6-7,23H,2-5,8-18H2,1H3. The third-order valence-corrected chi connectivity index (χ3v) is 5.93. The van der Waals surface area contributed by atoms with Crippen molar-refractivity contribution in [2.24, 2.45) is 0 Å². The van der Waals surface area contributed by atoms with Crippen molar-refractivity contribution in [3.63, 3.8) is 0 Å². The molecule has 1 amide bonds.